The Morgan fingerprint density at radius 2 is 1.95 bits per heavy atom. The predicted octanol–water partition coefficient (Wildman–Crippen LogP) is 2.37. The number of benzene rings is 1. The summed E-state index contributed by atoms with van der Waals surface area (Å²) in [4.78, 5) is 23.7. The summed E-state index contributed by atoms with van der Waals surface area (Å²) in [7, 11) is 0. The van der Waals surface area contributed by atoms with E-state index >= 15 is 0 Å². The zero-order valence-corrected chi connectivity index (χ0v) is 12.2. The Hall–Kier alpha value is -2.54. The van der Waals surface area contributed by atoms with E-state index in [1.165, 1.54) is 11.6 Å². The van der Waals surface area contributed by atoms with Gasteiger partial charge in [0.1, 0.15) is 6.54 Å². The molecule has 0 aromatic heterocycles. The maximum absolute atomic E-state index is 11.9. The minimum absolute atomic E-state index is 0.0260. The van der Waals surface area contributed by atoms with Gasteiger partial charge in [-0.2, -0.15) is 0 Å². The molecule has 1 aromatic carbocycles. The van der Waals surface area contributed by atoms with Crippen molar-refractivity contribution < 1.29 is 14.7 Å². The third-order valence-corrected chi connectivity index (χ3v) is 2.94. The Morgan fingerprint density at radius 3 is 2.43 bits per heavy atom. The minimum Gasteiger partial charge on any atom is -0.480 e. The normalized spacial score (nSPS) is 10.6. The van der Waals surface area contributed by atoms with Crippen LogP contribution in [0.3, 0.4) is 0 Å². The van der Waals surface area contributed by atoms with Crippen molar-refractivity contribution in [1.82, 2.24) is 4.90 Å². The van der Waals surface area contributed by atoms with E-state index in [0.717, 1.165) is 10.5 Å². The Labute approximate surface area is 125 Å². The van der Waals surface area contributed by atoms with Crippen LogP contribution in [0.4, 0.5) is 0 Å². The van der Waals surface area contributed by atoms with E-state index in [-0.39, 0.29) is 6.54 Å². The number of carbonyl (C=O) groups is 2. The maximum atomic E-state index is 11.9. The van der Waals surface area contributed by atoms with E-state index in [9.17, 15) is 9.59 Å². The molecule has 0 aliphatic heterocycles. The fourth-order valence-corrected chi connectivity index (χ4v) is 1.75. The smallest absolute Gasteiger partial charge is 0.323 e. The first-order valence-corrected chi connectivity index (χ1v) is 6.66. The lowest BCUT2D eigenvalue weighted by atomic mass is 10.0. The minimum atomic E-state index is -1.09. The highest BCUT2D eigenvalue weighted by atomic mass is 16.4. The van der Waals surface area contributed by atoms with Gasteiger partial charge in [-0.25, -0.2) is 0 Å². The highest BCUT2D eigenvalue weighted by Crippen LogP contribution is 2.15. The largest absolute Gasteiger partial charge is 0.480 e. The van der Waals surface area contributed by atoms with Gasteiger partial charge in [-0.05, 0) is 23.1 Å². The molecule has 1 aromatic rings. The monoisotopic (exact) mass is 285 g/mol. The zero-order valence-electron chi connectivity index (χ0n) is 12.2. The molecule has 0 aliphatic rings. The number of carboxylic acids is 1. The molecule has 0 atom stereocenters. The van der Waals surface area contributed by atoms with Crippen molar-refractivity contribution in [2.45, 2.75) is 19.8 Å². The van der Waals surface area contributed by atoms with Gasteiger partial charge in [-0.15, -0.1) is 6.42 Å². The van der Waals surface area contributed by atoms with E-state index in [2.05, 4.69) is 19.8 Å². The van der Waals surface area contributed by atoms with Crippen LogP contribution in [-0.2, 0) is 9.59 Å². The molecule has 1 N–H and O–H groups in total. The number of carboxylic acid groups (broad SMARTS) is 1. The molecule has 0 heterocycles. The lowest BCUT2D eigenvalue weighted by Gasteiger charge is -2.15. The average Bonchev–Trinajstić information content (AvgIpc) is 2.44. The number of aliphatic carboxylic acids is 1. The van der Waals surface area contributed by atoms with Gasteiger partial charge in [0, 0.05) is 6.08 Å². The van der Waals surface area contributed by atoms with Crippen molar-refractivity contribution in [2.24, 2.45) is 0 Å². The van der Waals surface area contributed by atoms with Crippen molar-refractivity contribution in [3.8, 4) is 12.3 Å². The highest BCUT2D eigenvalue weighted by Gasteiger charge is 2.12. The van der Waals surface area contributed by atoms with Crippen LogP contribution in [0.1, 0.15) is 30.9 Å². The second-order valence-corrected chi connectivity index (χ2v) is 4.95. The van der Waals surface area contributed by atoms with E-state index in [1.807, 2.05) is 24.3 Å². The molecule has 0 aliphatic carbocycles. The van der Waals surface area contributed by atoms with Gasteiger partial charge in [-0.1, -0.05) is 44.0 Å². The molecule has 21 heavy (non-hydrogen) atoms. The molecule has 0 saturated carbocycles. The van der Waals surface area contributed by atoms with E-state index in [1.54, 1.807) is 6.08 Å². The molecule has 1 rings (SSSR count). The first-order valence-electron chi connectivity index (χ1n) is 6.66. The van der Waals surface area contributed by atoms with Gasteiger partial charge >= 0.3 is 5.97 Å². The third kappa shape index (κ3) is 5.53. The first kappa shape index (κ1) is 16.5. The van der Waals surface area contributed by atoms with Gasteiger partial charge in [0.15, 0.2) is 0 Å². The predicted molar refractivity (Wildman–Crippen MR) is 82.6 cm³/mol. The molecule has 4 heteroatoms. The van der Waals surface area contributed by atoms with Crippen LogP contribution in [0.15, 0.2) is 30.3 Å². The summed E-state index contributed by atoms with van der Waals surface area (Å²) >= 11 is 0. The lowest BCUT2D eigenvalue weighted by Crippen LogP contribution is -2.34. The first-order chi connectivity index (χ1) is 9.93. The molecule has 4 nitrogen and oxygen atoms in total. The van der Waals surface area contributed by atoms with Crippen LogP contribution in [0.5, 0.6) is 0 Å². The van der Waals surface area contributed by atoms with Crippen molar-refractivity contribution in [3.63, 3.8) is 0 Å². The summed E-state index contributed by atoms with van der Waals surface area (Å²) < 4.78 is 0. The molecular weight excluding hydrogens is 266 g/mol. The summed E-state index contributed by atoms with van der Waals surface area (Å²) in [5.74, 6) is 1.23. The standard InChI is InChI=1S/C17H19NO3/c1-4-11-18(12-17(20)21)16(19)10-7-14-5-8-15(9-6-14)13(2)3/h1,5-10,13H,11-12H2,2-3H3,(H,20,21). The summed E-state index contributed by atoms with van der Waals surface area (Å²) in [6, 6.07) is 7.85. The zero-order chi connectivity index (χ0) is 15.8. The summed E-state index contributed by atoms with van der Waals surface area (Å²) in [6.07, 6.45) is 8.12. The number of terminal acetylenes is 1. The van der Waals surface area contributed by atoms with Crippen LogP contribution in [-0.4, -0.2) is 35.0 Å². The van der Waals surface area contributed by atoms with Crippen molar-refractivity contribution in [1.29, 1.82) is 0 Å². The molecule has 0 radical (unpaired) electrons. The Morgan fingerprint density at radius 1 is 1.33 bits per heavy atom. The molecule has 0 unspecified atom stereocenters. The van der Waals surface area contributed by atoms with Crippen molar-refractivity contribution >= 4 is 18.0 Å². The topological polar surface area (TPSA) is 57.6 Å². The number of carbonyl (C=O) groups excluding carboxylic acids is 1. The fourth-order valence-electron chi connectivity index (χ4n) is 1.75. The van der Waals surface area contributed by atoms with E-state index < -0.39 is 18.4 Å². The number of hydrogen-bond acceptors (Lipinski definition) is 2. The summed E-state index contributed by atoms with van der Waals surface area (Å²) in [5, 5.41) is 8.74. The van der Waals surface area contributed by atoms with E-state index in [4.69, 9.17) is 11.5 Å². The third-order valence-electron chi connectivity index (χ3n) is 2.94. The van der Waals surface area contributed by atoms with Gasteiger partial charge < -0.3 is 10.0 Å². The van der Waals surface area contributed by atoms with Crippen LogP contribution in [0.25, 0.3) is 6.08 Å². The number of amides is 1. The highest BCUT2D eigenvalue weighted by molar-refractivity contribution is 5.93. The molecule has 0 fully saturated rings. The number of rotatable bonds is 6. The lowest BCUT2D eigenvalue weighted by molar-refractivity contribution is -0.142. The van der Waals surface area contributed by atoms with Crippen LogP contribution in [0.2, 0.25) is 0 Å². The SMILES string of the molecule is C#CCN(CC(=O)O)C(=O)C=Cc1ccc(C(C)C)cc1. The Balaban J connectivity index is 2.75. The summed E-state index contributed by atoms with van der Waals surface area (Å²) in [5.41, 5.74) is 2.10. The van der Waals surface area contributed by atoms with Crippen LogP contribution in [0, 0.1) is 12.3 Å². The van der Waals surface area contributed by atoms with Crippen LogP contribution < -0.4 is 0 Å². The fraction of sp³-hybridized carbons (Fsp3) is 0.294. The second kappa shape index (κ2) is 7.91. The molecule has 1 amide bonds. The number of hydrogen-bond donors (Lipinski definition) is 1. The Kier molecular flexibility index (Phi) is 6.22. The number of nitrogens with zero attached hydrogens (tertiary/aromatic N) is 1. The molecule has 0 saturated heterocycles. The molecular formula is C17H19NO3. The van der Waals surface area contributed by atoms with Crippen molar-refractivity contribution in [3.05, 3.63) is 41.5 Å². The van der Waals surface area contributed by atoms with Gasteiger partial charge in [0.2, 0.25) is 5.91 Å². The second-order valence-electron chi connectivity index (χ2n) is 4.95. The van der Waals surface area contributed by atoms with Crippen molar-refractivity contribution in [2.75, 3.05) is 13.1 Å². The van der Waals surface area contributed by atoms with Gasteiger partial charge in [0.05, 0.1) is 6.54 Å². The maximum Gasteiger partial charge on any atom is 0.323 e. The molecule has 0 bridgehead atoms. The van der Waals surface area contributed by atoms with Crippen LogP contribution >= 0.6 is 0 Å². The van der Waals surface area contributed by atoms with Gasteiger partial charge in [-0.3, -0.25) is 9.59 Å². The quantitative estimate of drug-likeness (QED) is 0.645. The average molecular weight is 285 g/mol. The molecule has 110 valence electrons. The Bertz CT molecular complexity index is 565. The molecule has 0 spiro atoms. The van der Waals surface area contributed by atoms with Gasteiger partial charge in [0.25, 0.3) is 0 Å². The van der Waals surface area contributed by atoms with E-state index in [0.29, 0.717) is 5.92 Å². The summed E-state index contributed by atoms with van der Waals surface area (Å²) in [6.45, 7) is 3.79.